The van der Waals surface area contributed by atoms with Gasteiger partial charge in [-0.2, -0.15) is 5.10 Å². The lowest BCUT2D eigenvalue weighted by atomic mass is 10.2. The van der Waals surface area contributed by atoms with E-state index in [1.165, 1.54) is 12.3 Å². The zero-order valence-electron chi connectivity index (χ0n) is 15.9. The monoisotopic (exact) mass is 496 g/mol. The first-order valence-electron chi connectivity index (χ1n) is 8.98. The Morgan fingerprint density at radius 2 is 1.65 bits per heavy atom. The van der Waals surface area contributed by atoms with E-state index in [9.17, 15) is 4.79 Å². The molecule has 31 heavy (non-hydrogen) atoms. The number of benzene rings is 3. The van der Waals surface area contributed by atoms with Gasteiger partial charge in [-0.3, -0.25) is 4.79 Å². The lowest BCUT2D eigenvalue weighted by Gasteiger charge is -2.10. The van der Waals surface area contributed by atoms with Gasteiger partial charge in [0.15, 0.2) is 6.61 Å². The summed E-state index contributed by atoms with van der Waals surface area (Å²) in [4.78, 5) is 11.9. The highest BCUT2D eigenvalue weighted by molar-refractivity contribution is 6.36. The quantitative estimate of drug-likeness (QED) is 0.289. The van der Waals surface area contributed by atoms with Crippen LogP contribution in [0.2, 0.25) is 20.1 Å². The Kier molecular flexibility index (Phi) is 8.43. The second kappa shape index (κ2) is 11.3. The van der Waals surface area contributed by atoms with Crippen LogP contribution in [0.15, 0.2) is 65.8 Å². The molecule has 9 heteroatoms. The van der Waals surface area contributed by atoms with Gasteiger partial charge in [0.1, 0.15) is 18.1 Å². The average Bonchev–Trinajstić information content (AvgIpc) is 2.73. The lowest BCUT2D eigenvalue weighted by molar-refractivity contribution is -0.123. The first kappa shape index (κ1) is 23.2. The van der Waals surface area contributed by atoms with Gasteiger partial charge in [-0.05, 0) is 48.0 Å². The van der Waals surface area contributed by atoms with Gasteiger partial charge in [-0.1, -0.05) is 64.6 Å². The van der Waals surface area contributed by atoms with Crippen molar-refractivity contribution in [1.29, 1.82) is 0 Å². The molecule has 0 spiro atoms. The van der Waals surface area contributed by atoms with Gasteiger partial charge in [-0.25, -0.2) is 5.43 Å². The molecule has 1 N–H and O–H groups in total. The number of nitrogens with zero attached hydrogens (tertiary/aromatic N) is 1. The van der Waals surface area contributed by atoms with Gasteiger partial charge in [0.05, 0.1) is 11.2 Å². The van der Waals surface area contributed by atoms with Crippen molar-refractivity contribution >= 4 is 58.5 Å². The number of ether oxygens (including phenoxy) is 2. The van der Waals surface area contributed by atoms with Crippen molar-refractivity contribution in [1.82, 2.24) is 5.43 Å². The molecule has 0 fully saturated rings. The molecule has 1 amide bonds. The van der Waals surface area contributed by atoms with Gasteiger partial charge < -0.3 is 9.47 Å². The summed E-state index contributed by atoms with van der Waals surface area (Å²) >= 11 is 24.1. The Hall–Kier alpha value is -2.44. The summed E-state index contributed by atoms with van der Waals surface area (Å²) in [6, 6.07) is 17.2. The maximum atomic E-state index is 11.9. The molecule has 0 heterocycles. The SMILES string of the molecule is O=C(COc1ccc(Cl)cc1Cl)NN=Cc1cccc(OCc2c(Cl)cccc2Cl)c1. The van der Waals surface area contributed by atoms with E-state index in [0.717, 1.165) is 5.56 Å². The van der Waals surface area contributed by atoms with E-state index in [2.05, 4.69) is 10.5 Å². The molecular weight excluding hydrogens is 482 g/mol. The Morgan fingerprint density at radius 3 is 2.39 bits per heavy atom. The molecule has 0 aliphatic carbocycles. The summed E-state index contributed by atoms with van der Waals surface area (Å²) in [6.07, 6.45) is 1.49. The summed E-state index contributed by atoms with van der Waals surface area (Å²) in [6.45, 7) is -0.0269. The molecule has 0 saturated carbocycles. The molecule has 3 aromatic carbocycles. The zero-order valence-corrected chi connectivity index (χ0v) is 19.0. The predicted octanol–water partition coefficient (Wildman–Crippen LogP) is 6.41. The van der Waals surface area contributed by atoms with Crippen molar-refractivity contribution in [3.63, 3.8) is 0 Å². The van der Waals surface area contributed by atoms with E-state index in [1.807, 2.05) is 6.07 Å². The van der Waals surface area contributed by atoms with Crippen LogP contribution in [0.25, 0.3) is 0 Å². The Bertz CT molecular complexity index is 1090. The van der Waals surface area contributed by atoms with Crippen molar-refractivity contribution in [3.8, 4) is 11.5 Å². The zero-order chi connectivity index (χ0) is 22.2. The van der Waals surface area contributed by atoms with E-state index in [-0.39, 0.29) is 13.2 Å². The molecule has 0 atom stereocenters. The highest BCUT2D eigenvalue weighted by Crippen LogP contribution is 2.27. The summed E-state index contributed by atoms with van der Waals surface area (Å²) in [5.74, 6) is 0.517. The van der Waals surface area contributed by atoms with Crippen molar-refractivity contribution in [2.45, 2.75) is 6.61 Å². The highest BCUT2D eigenvalue weighted by atomic mass is 35.5. The number of amides is 1. The number of hydrogen-bond donors (Lipinski definition) is 1. The molecule has 3 aromatic rings. The molecule has 0 saturated heterocycles. The van der Waals surface area contributed by atoms with Crippen molar-refractivity contribution < 1.29 is 14.3 Å². The fourth-order valence-electron chi connectivity index (χ4n) is 2.46. The molecule has 5 nitrogen and oxygen atoms in total. The van der Waals surface area contributed by atoms with E-state index in [1.54, 1.807) is 48.5 Å². The maximum absolute atomic E-state index is 11.9. The molecule has 0 aliphatic rings. The van der Waals surface area contributed by atoms with Crippen LogP contribution < -0.4 is 14.9 Å². The van der Waals surface area contributed by atoms with Crippen molar-refractivity contribution in [2.75, 3.05) is 6.61 Å². The minimum atomic E-state index is -0.442. The minimum Gasteiger partial charge on any atom is -0.489 e. The van der Waals surface area contributed by atoms with Crippen LogP contribution >= 0.6 is 46.4 Å². The summed E-state index contributed by atoms with van der Waals surface area (Å²) in [5.41, 5.74) is 3.82. The largest absolute Gasteiger partial charge is 0.489 e. The molecule has 160 valence electrons. The normalized spacial score (nSPS) is 10.8. The van der Waals surface area contributed by atoms with Gasteiger partial charge in [-0.15, -0.1) is 0 Å². The van der Waals surface area contributed by atoms with Crippen LogP contribution in [0.4, 0.5) is 0 Å². The summed E-state index contributed by atoms with van der Waals surface area (Å²) in [5, 5.41) is 5.79. The van der Waals surface area contributed by atoms with Crippen LogP contribution in [0.3, 0.4) is 0 Å². The molecule has 0 aliphatic heterocycles. The van der Waals surface area contributed by atoms with Gasteiger partial charge in [0.25, 0.3) is 5.91 Å². The third-order valence-corrected chi connectivity index (χ3v) is 5.20. The number of hydrazone groups is 1. The molecule has 0 radical (unpaired) electrons. The number of hydrogen-bond acceptors (Lipinski definition) is 4. The van der Waals surface area contributed by atoms with Gasteiger partial charge in [0.2, 0.25) is 0 Å². The Labute approximate surface area is 199 Å². The third-order valence-electron chi connectivity index (χ3n) is 3.96. The first-order chi connectivity index (χ1) is 14.9. The number of nitrogens with one attached hydrogen (secondary N) is 1. The van der Waals surface area contributed by atoms with Crippen molar-refractivity contribution in [2.24, 2.45) is 5.10 Å². The van der Waals surface area contributed by atoms with Crippen molar-refractivity contribution in [3.05, 3.63) is 91.9 Å². The lowest BCUT2D eigenvalue weighted by Crippen LogP contribution is -2.24. The maximum Gasteiger partial charge on any atom is 0.277 e. The van der Waals surface area contributed by atoms with E-state index < -0.39 is 5.91 Å². The standard InChI is InChI=1S/C22H16Cl4N2O3/c23-15-7-8-21(20(26)10-15)31-13-22(29)28-27-11-14-3-1-4-16(9-14)30-12-17-18(24)5-2-6-19(17)25/h1-11H,12-13H2,(H,28,29). The van der Waals surface area contributed by atoms with Gasteiger partial charge >= 0.3 is 0 Å². The Morgan fingerprint density at radius 1 is 0.903 bits per heavy atom. The number of rotatable bonds is 8. The first-order valence-corrected chi connectivity index (χ1v) is 10.5. The van der Waals surface area contributed by atoms with Crippen LogP contribution in [0, 0.1) is 0 Å². The Balaban J connectivity index is 1.51. The van der Waals surface area contributed by atoms with Crippen LogP contribution in [0.1, 0.15) is 11.1 Å². The fourth-order valence-corrected chi connectivity index (χ4v) is 3.43. The fraction of sp³-hybridized carbons (Fsp3) is 0.0909. The highest BCUT2D eigenvalue weighted by Gasteiger charge is 2.07. The average molecular weight is 498 g/mol. The van der Waals surface area contributed by atoms with Crippen LogP contribution in [-0.4, -0.2) is 18.7 Å². The van der Waals surface area contributed by atoms with E-state index >= 15 is 0 Å². The topological polar surface area (TPSA) is 59.9 Å². The van der Waals surface area contributed by atoms with Crippen LogP contribution in [0.5, 0.6) is 11.5 Å². The second-order valence-corrected chi connectivity index (χ2v) is 7.88. The van der Waals surface area contributed by atoms with E-state index in [4.69, 9.17) is 55.9 Å². The molecule has 0 aromatic heterocycles. The predicted molar refractivity (Wildman–Crippen MR) is 125 cm³/mol. The molecular formula is C22H16Cl4N2O3. The smallest absolute Gasteiger partial charge is 0.277 e. The summed E-state index contributed by atoms with van der Waals surface area (Å²) < 4.78 is 11.1. The van der Waals surface area contributed by atoms with Gasteiger partial charge in [0, 0.05) is 20.6 Å². The second-order valence-electron chi connectivity index (χ2n) is 6.22. The van der Waals surface area contributed by atoms with Crippen LogP contribution in [-0.2, 0) is 11.4 Å². The third kappa shape index (κ3) is 7.04. The molecule has 0 unspecified atom stereocenters. The van der Waals surface area contributed by atoms with E-state index in [0.29, 0.717) is 37.2 Å². The molecule has 3 rings (SSSR count). The minimum absolute atomic E-state index is 0.223. The summed E-state index contributed by atoms with van der Waals surface area (Å²) in [7, 11) is 0. The number of halogens is 4. The molecule has 0 bridgehead atoms. The number of carbonyl (C=O) groups is 1. The number of carbonyl (C=O) groups excluding carboxylic acids is 1.